The van der Waals surface area contributed by atoms with Crippen molar-refractivity contribution in [2.75, 3.05) is 43.1 Å². The number of benzene rings is 1. The third-order valence-electron chi connectivity index (χ3n) is 3.97. The van der Waals surface area contributed by atoms with Gasteiger partial charge < -0.3 is 19.7 Å². The Hall–Kier alpha value is -2.60. The Morgan fingerprint density at radius 3 is 2.60 bits per heavy atom. The van der Waals surface area contributed by atoms with Gasteiger partial charge in [-0.05, 0) is 36.8 Å². The SMILES string of the molecule is CCOc1ccc(CC(=O)Nc2ccc(N3CCOCC3)nc2)cc1. The van der Waals surface area contributed by atoms with E-state index < -0.39 is 0 Å². The van der Waals surface area contributed by atoms with E-state index in [9.17, 15) is 4.79 Å². The highest BCUT2D eigenvalue weighted by Gasteiger charge is 2.12. The molecule has 132 valence electrons. The summed E-state index contributed by atoms with van der Waals surface area (Å²) in [5.74, 6) is 1.66. The summed E-state index contributed by atoms with van der Waals surface area (Å²) < 4.78 is 10.7. The van der Waals surface area contributed by atoms with Crippen LogP contribution in [-0.2, 0) is 16.0 Å². The Kier molecular flexibility index (Phi) is 5.85. The molecule has 1 saturated heterocycles. The van der Waals surface area contributed by atoms with Crippen molar-refractivity contribution in [3.8, 4) is 5.75 Å². The molecule has 0 bridgehead atoms. The zero-order chi connectivity index (χ0) is 17.5. The topological polar surface area (TPSA) is 63.7 Å². The first-order valence-electron chi connectivity index (χ1n) is 8.55. The van der Waals surface area contributed by atoms with Gasteiger partial charge in [0.15, 0.2) is 0 Å². The second kappa shape index (κ2) is 8.48. The molecule has 0 unspecified atom stereocenters. The second-order valence-electron chi connectivity index (χ2n) is 5.81. The van der Waals surface area contributed by atoms with Crippen LogP contribution in [0, 0.1) is 0 Å². The van der Waals surface area contributed by atoms with Gasteiger partial charge >= 0.3 is 0 Å². The second-order valence-corrected chi connectivity index (χ2v) is 5.81. The van der Waals surface area contributed by atoms with Gasteiger partial charge in [-0.25, -0.2) is 4.98 Å². The minimum absolute atomic E-state index is 0.0647. The first-order chi connectivity index (χ1) is 12.2. The van der Waals surface area contributed by atoms with Crippen molar-refractivity contribution in [1.29, 1.82) is 0 Å². The molecule has 1 amide bonds. The number of pyridine rings is 1. The summed E-state index contributed by atoms with van der Waals surface area (Å²) >= 11 is 0. The van der Waals surface area contributed by atoms with Gasteiger partial charge in [0.25, 0.3) is 0 Å². The van der Waals surface area contributed by atoms with Crippen molar-refractivity contribution in [3.63, 3.8) is 0 Å². The third-order valence-corrected chi connectivity index (χ3v) is 3.97. The van der Waals surface area contributed by atoms with Crippen LogP contribution in [0.3, 0.4) is 0 Å². The summed E-state index contributed by atoms with van der Waals surface area (Å²) in [4.78, 5) is 18.8. The average molecular weight is 341 g/mol. The Balaban J connectivity index is 1.53. The summed E-state index contributed by atoms with van der Waals surface area (Å²) in [5, 5.41) is 2.88. The number of anilines is 2. The molecular weight excluding hydrogens is 318 g/mol. The van der Waals surface area contributed by atoms with Crippen molar-refractivity contribution in [2.24, 2.45) is 0 Å². The van der Waals surface area contributed by atoms with Crippen molar-refractivity contribution in [3.05, 3.63) is 48.2 Å². The summed E-state index contributed by atoms with van der Waals surface area (Å²) in [6.45, 7) is 5.71. The number of nitrogens with one attached hydrogen (secondary N) is 1. The molecule has 3 rings (SSSR count). The molecule has 2 heterocycles. The normalized spacial score (nSPS) is 14.2. The molecule has 1 aromatic heterocycles. The maximum Gasteiger partial charge on any atom is 0.228 e. The van der Waals surface area contributed by atoms with Crippen molar-refractivity contribution in [2.45, 2.75) is 13.3 Å². The van der Waals surface area contributed by atoms with Gasteiger partial charge in [-0.2, -0.15) is 0 Å². The number of hydrogen-bond acceptors (Lipinski definition) is 5. The molecule has 25 heavy (non-hydrogen) atoms. The highest BCUT2D eigenvalue weighted by molar-refractivity contribution is 5.92. The van der Waals surface area contributed by atoms with Gasteiger partial charge in [0, 0.05) is 13.1 Å². The molecule has 6 nitrogen and oxygen atoms in total. The van der Waals surface area contributed by atoms with Crippen LogP contribution < -0.4 is 15.0 Å². The average Bonchev–Trinajstić information content (AvgIpc) is 2.65. The van der Waals surface area contributed by atoms with E-state index in [2.05, 4.69) is 15.2 Å². The number of hydrogen-bond donors (Lipinski definition) is 1. The minimum atomic E-state index is -0.0647. The van der Waals surface area contributed by atoms with Crippen LogP contribution in [0.2, 0.25) is 0 Å². The predicted octanol–water partition coefficient (Wildman–Crippen LogP) is 2.50. The quantitative estimate of drug-likeness (QED) is 0.875. The lowest BCUT2D eigenvalue weighted by molar-refractivity contribution is -0.115. The smallest absolute Gasteiger partial charge is 0.228 e. The Morgan fingerprint density at radius 1 is 1.20 bits per heavy atom. The van der Waals surface area contributed by atoms with Gasteiger partial charge in [0.05, 0.1) is 38.1 Å². The molecule has 0 atom stereocenters. The number of amides is 1. The number of nitrogens with zero attached hydrogens (tertiary/aromatic N) is 2. The van der Waals surface area contributed by atoms with Gasteiger partial charge in [0.2, 0.25) is 5.91 Å². The Morgan fingerprint density at radius 2 is 1.96 bits per heavy atom. The van der Waals surface area contributed by atoms with Gasteiger partial charge in [-0.15, -0.1) is 0 Å². The van der Waals surface area contributed by atoms with Crippen LogP contribution >= 0.6 is 0 Å². The molecule has 1 aromatic carbocycles. The van der Waals surface area contributed by atoms with E-state index in [1.165, 1.54) is 0 Å². The van der Waals surface area contributed by atoms with Crippen molar-refractivity contribution >= 4 is 17.4 Å². The van der Waals surface area contributed by atoms with Crippen molar-refractivity contribution in [1.82, 2.24) is 4.98 Å². The van der Waals surface area contributed by atoms with Gasteiger partial charge in [-0.3, -0.25) is 4.79 Å². The number of carbonyl (C=O) groups is 1. The van der Waals surface area contributed by atoms with Crippen LogP contribution in [0.4, 0.5) is 11.5 Å². The number of morpholine rings is 1. The van der Waals surface area contributed by atoms with Crippen LogP contribution in [-0.4, -0.2) is 43.8 Å². The molecule has 6 heteroatoms. The predicted molar refractivity (Wildman–Crippen MR) is 97.2 cm³/mol. The van der Waals surface area contributed by atoms with E-state index in [0.29, 0.717) is 18.7 Å². The summed E-state index contributed by atoms with van der Waals surface area (Å²) in [6.07, 6.45) is 2.01. The largest absolute Gasteiger partial charge is 0.494 e. The minimum Gasteiger partial charge on any atom is -0.494 e. The molecular formula is C19H23N3O3. The van der Waals surface area contributed by atoms with E-state index in [1.807, 2.05) is 43.3 Å². The third kappa shape index (κ3) is 4.93. The standard InChI is InChI=1S/C19H23N3O3/c1-2-25-17-6-3-15(4-7-17)13-19(23)21-16-5-8-18(20-14-16)22-9-11-24-12-10-22/h3-8,14H,2,9-13H2,1H3,(H,21,23). The molecule has 0 spiro atoms. The monoisotopic (exact) mass is 341 g/mol. The maximum atomic E-state index is 12.2. The van der Waals surface area contributed by atoms with Crippen LogP contribution in [0.1, 0.15) is 12.5 Å². The lowest BCUT2D eigenvalue weighted by Crippen LogP contribution is -2.36. The van der Waals surface area contributed by atoms with Crippen LogP contribution in [0.5, 0.6) is 5.75 Å². The van der Waals surface area contributed by atoms with Gasteiger partial charge in [-0.1, -0.05) is 12.1 Å². The molecule has 1 aliphatic heterocycles. The molecule has 1 N–H and O–H groups in total. The summed E-state index contributed by atoms with van der Waals surface area (Å²) in [7, 11) is 0. The van der Waals surface area contributed by atoms with E-state index in [0.717, 1.165) is 43.4 Å². The first kappa shape index (κ1) is 17.2. The highest BCUT2D eigenvalue weighted by Crippen LogP contribution is 2.16. The fraction of sp³-hybridized carbons (Fsp3) is 0.368. The number of carbonyl (C=O) groups excluding carboxylic acids is 1. The first-order valence-corrected chi connectivity index (χ1v) is 8.55. The fourth-order valence-electron chi connectivity index (χ4n) is 2.70. The molecule has 0 saturated carbocycles. The molecule has 1 fully saturated rings. The molecule has 1 aliphatic rings. The van der Waals surface area contributed by atoms with Crippen LogP contribution in [0.25, 0.3) is 0 Å². The Bertz CT molecular complexity index is 680. The van der Waals surface area contributed by atoms with E-state index in [1.54, 1.807) is 6.20 Å². The van der Waals surface area contributed by atoms with E-state index in [-0.39, 0.29) is 5.91 Å². The zero-order valence-electron chi connectivity index (χ0n) is 14.4. The maximum absolute atomic E-state index is 12.2. The molecule has 0 radical (unpaired) electrons. The summed E-state index contributed by atoms with van der Waals surface area (Å²) in [5.41, 5.74) is 1.65. The number of ether oxygens (including phenoxy) is 2. The number of rotatable bonds is 6. The zero-order valence-corrected chi connectivity index (χ0v) is 14.4. The molecule has 2 aromatic rings. The number of aromatic nitrogens is 1. The lowest BCUT2D eigenvalue weighted by Gasteiger charge is -2.27. The Labute approximate surface area is 147 Å². The van der Waals surface area contributed by atoms with E-state index >= 15 is 0 Å². The van der Waals surface area contributed by atoms with Gasteiger partial charge in [0.1, 0.15) is 11.6 Å². The summed E-state index contributed by atoms with van der Waals surface area (Å²) in [6, 6.07) is 11.4. The van der Waals surface area contributed by atoms with Crippen molar-refractivity contribution < 1.29 is 14.3 Å². The molecule has 0 aliphatic carbocycles. The highest BCUT2D eigenvalue weighted by atomic mass is 16.5. The fourth-order valence-corrected chi connectivity index (χ4v) is 2.70. The van der Waals surface area contributed by atoms with E-state index in [4.69, 9.17) is 9.47 Å². The van der Waals surface area contributed by atoms with Crippen LogP contribution in [0.15, 0.2) is 42.6 Å². The lowest BCUT2D eigenvalue weighted by atomic mass is 10.1.